The number of halogens is 1. The van der Waals surface area contributed by atoms with Crippen molar-refractivity contribution in [2.24, 2.45) is 4.99 Å². The van der Waals surface area contributed by atoms with Crippen molar-refractivity contribution in [3.05, 3.63) is 30.3 Å². The molecule has 0 saturated carbocycles. The van der Waals surface area contributed by atoms with E-state index >= 15 is 0 Å². The van der Waals surface area contributed by atoms with Gasteiger partial charge in [0.2, 0.25) is 5.91 Å². The number of benzene rings is 1. The van der Waals surface area contributed by atoms with E-state index in [1.54, 1.807) is 26.1 Å². The van der Waals surface area contributed by atoms with Gasteiger partial charge >= 0.3 is 0 Å². The maximum Gasteiger partial charge on any atom is 0.243 e. The number of likely N-dealkylation sites (N-methyl/N-ethyl adjacent to an activating group) is 1. The van der Waals surface area contributed by atoms with Gasteiger partial charge in [-0.2, -0.15) is 0 Å². The summed E-state index contributed by atoms with van der Waals surface area (Å²) in [6.45, 7) is 5.01. The Hall–Kier alpha value is -1.55. The summed E-state index contributed by atoms with van der Waals surface area (Å²) in [6.07, 6.45) is 0. The van der Waals surface area contributed by atoms with Crippen molar-refractivity contribution in [1.82, 2.24) is 15.1 Å². The van der Waals surface area contributed by atoms with Gasteiger partial charge in [0.1, 0.15) is 6.54 Å². The molecular weight excluding hydrogens is 445 g/mol. The van der Waals surface area contributed by atoms with Crippen molar-refractivity contribution < 1.29 is 9.53 Å². The van der Waals surface area contributed by atoms with Gasteiger partial charge in [-0.05, 0) is 12.1 Å². The summed E-state index contributed by atoms with van der Waals surface area (Å²) in [6, 6.07) is 10.4. The zero-order valence-electron chi connectivity index (χ0n) is 15.9. The van der Waals surface area contributed by atoms with E-state index in [-0.39, 0.29) is 36.4 Å². The van der Waals surface area contributed by atoms with Gasteiger partial charge in [-0.3, -0.25) is 4.79 Å². The summed E-state index contributed by atoms with van der Waals surface area (Å²) in [7, 11) is 5.16. The lowest BCUT2D eigenvalue weighted by Gasteiger charge is -2.37. The molecular formula is C18H30IN5O2. The Labute approximate surface area is 173 Å². The highest BCUT2D eigenvalue weighted by Crippen LogP contribution is 2.15. The topological polar surface area (TPSA) is 60.4 Å². The second-order valence-corrected chi connectivity index (χ2v) is 6.16. The molecule has 8 heteroatoms. The molecule has 0 atom stereocenters. The van der Waals surface area contributed by atoms with Gasteiger partial charge in [0, 0.05) is 59.6 Å². The van der Waals surface area contributed by atoms with E-state index in [0.717, 1.165) is 32.1 Å². The van der Waals surface area contributed by atoms with E-state index in [1.807, 2.05) is 6.07 Å². The van der Waals surface area contributed by atoms with Gasteiger partial charge in [0.05, 0.1) is 6.61 Å². The summed E-state index contributed by atoms with van der Waals surface area (Å²) in [5.74, 6) is 0.772. The van der Waals surface area contributed by atoms with E-state index in [0.29, 0.717) is 13.2 Å². The monoisotopic (exact) mass is 475 g/mol. The maximum absolute atomic E-state index is 11.8. The smallest absolute Gasteiger partial charge is 0.243 e. The lowest BCUT2D eigenvalue weighted by atomic mass is 10.2. The Balaban J connectivity index is 0.00000338. The SMILES string of the molecule is COCCNC(=NCC(=O)N(C)C)N1CCN(c2ccccc2)CC1.I. The third-order valence-corrected chi connectivity index (χ3v) is 4.15. The van der Waals surface area contributed by atoms with Crippen LogP contribution in [-0.4, -0.2) is 88.7 Å². The van der Waals surface area contributed by atoms with Crippen molar-refractivity contribution in [3.8, 4) is 0 Å². The fourth-order valence-electron chi connectivity index (χ4n) is 2.63. The highest BCUT2D eigenvalue weighted by Gasteiger charge is 2.20. The molecule has 146 valence electrons. The first-order valence-corrected chi connectivity index (χ1v) is 8.64. The second-order valence-electron chi connectivity index (χ2n) is 6.16. The van der Waals surface area contributed by atoms with Gasteiger partial charge in [-0.15, -0.1) is 24.0 Å². The number of rotatable bonds is 6. The Bertz CT molecular complexity index is 560. The largest absolute Gasteiger partial charge is 0.383 e. The molecule has 1 aliphatic rings. The molecule has 0 aromatic heterocycles. The number of amides is 1. The number of anilines is 1. The number of piperazine rings is 1. The molecule has 1 aliphatic heterocycles. The van der Waals surface area contributed by atoms with Gasteiger partial charge in [-0.25, -0.2) is 4.99 Å². The molecule has 26 heavy (non-hydrogen) atoms. The summed E-state index contributed by atoms with van der Waals surface area (Å²) in [5.41, 5.74) is 1.25. The summed E-state index contributed by atoms with van der Waals surface area (Å²) in [5, 5.41) is 3.30. The standard InChI is InChI=1S/C18H29N5O2.HI/c1-21(2)17(24)15-20-18(19-9-14-25-3)23-12-10-22(11-13-23)16-7-5-4-6-8-16;/h4-8H,9-15H2,1-3H3,(H,19,20);1H. The van der Waals surface area contributed by atoms with E-state index in [9.17, 15) is 4.79 Å². The first-order chi connectivity index (χ1) is 12.1. The number of carbonyl (C=O) groups excluding carboxylic acids is 1. The molecule has 7 nitrogen and oxygen atoms in total. The molecule has 1 N–H and O–H groups in total. The molecule has 1 fully saturated rings. The van der Waals surface area contributed by atoms with Crippen LogP contribution in [0.15, 0.2) is 35.3 Å². The van der Waals surface area contributed by atoms with E-state index in [1.165, 1.54) is 5.69 Å². The van der Waals surface area contributed by atoms with Gasteiger partial charge in [0.25, 0.3) is 0 Å². The molecule has 2 rings (SSSR count). The number of nitrogens with one attached hydrogen (secondary N) is 1. The van der Waals surface area contributed by atoms with Crippen LogP contribution in [0.3, 0.4) is 0 Å². The molecule has 1 heterocycles. The number of carbonyl (C=O) groups is 1. The van der Waals surface area contributed by atoms with Crippen molar-refractivity contribution in [1.29, 1.82) is 0 Å². The minimum Gasteiger partial charge on any atom is -0.383 e. The Morgan fingerprint density at radius 2 is 1.85 bits per heavy atom. The molecule has 1 aromatic carbocycles. The number of hydrogen-bond acceptors (Lipinski definition) is 4. The maximum atomic E-state index is 11.8. The molecule has 1 saturated heterocycles. The molecule has 0 unspecified atom stereocenters. The normalized spacial score (nSPS) is 14.7. The third kappa shape index (κ3) is 6.99. The first kappa shape index (κ1) is 22.5. The number of guanidine groups is 1. The van der Waals surface area contributed by atoms with Crippen LogP contribution < -0.4 is 10.2 Å². The average molecular weight is 475 g/mol. The van der Waals surface area contributed by atoms with Gasteiger partial charge < -0.3 is 24.8 Å². The lowest BCUT2D eigenvalue weighted by molar-refractivity contribution is -0.127. The number of hydrogen-bond donors (Lipinski definition) is 1. The molecule has 0 spiro atoms. The Kier molecular flexibility index (Phi) is 10.3. The molecule has 1 amide bonds. The minimum atomic E-state index is -0.00559. The van der Waals surface area contributed by atoms with Crippen molar-refractivity contribution in [3.63, 3.8) is 0 Å². The van der Waals surface area contributed by atoms with Crippen LogP contribution in [0.4, 0.5) is 5.69 Å². The van der Waals surface area contributed by atoms with Crippen molar-refractivity contribution in [2.75, 3.05) is 72.0 Å². The van der Waals surface area contributed by atoms with Crippen LogP contribution in [0.25, 0.3) is 0 Å². The number of nitrogens with zero attached hydrogens (tertiary/aromatic N) is 4. The van der Waals surface area contributed by atoms with Gasteiger partial charge in [0.15, 0.2) is 5.96 Å². The number of methoxy groups -OCH3 is 1. The number of aliphatic imine (C=N–C) groups is 1. The Morgan fingerprint density at radius 1 is 1.19 bits per heavy atom. The second kappa shape index (κ2) is 11.9. The summed E-state index contributed by atoms with van der Waals surface area (Å²) >= 11 is 0. The highest BCUT2D eigenvalue weighted by atomic mass is 127. The average Bonchev–Trinajstić information content (AvgIpc) is 2.65. The first-order valence-electron chi connectivity index (χ1n) is 8.64. The van der Waals surface area contributed by atoms with E-state index in [4.69, 9.17) is 4.74 Å². The zero-order valence-corrected chi connectivity index (χ0v) is 18.2. The van der Waals surface area contributed by atoms with Gasteiger partial charge in [-0.1, -0.05) is 18.2 Å². The van der Waals surface area contributed by atoms with Crippen LogP contribution in [0, 0.1) is 0 Å². The fourth-order valence-corrected chi connectivity index (χ4v) is 2.63. The quantitative estimate of drug-likeness (QED) is 0.289. The molecule has 1 aromatic rings. The predicted molar refractivity (Wildman–Crippen MR) is 117 cm³/mol. The lowest BCUT2D eigenvalue weighted by Crippen LogP contribution is -2.53. The van der Waals surface area contributed by atoms with Crippen molar-refractivity contribution in [2.45, 2.75) is 0 Å². The predicted octanol–water partition coefficient (Wildman–Crippen LogP) is 1.11. The minimum absolute atomic E-state index is 0. The van der Waals surface area contributed by atoms with Crippen LogP contribution in [0.1, 0.15) is 0 Å². The molecule has 0 bridgehead atoms. The summed E-state index contributed by atoms with van der Waals surface area (Å²) < 4.78 is 5.10. The Morgan fingerprint density at radius 3 is 2.42 bits per heavy atom. The van der Waals surface area contributed by atoms with Crippen LogP contribution >= 0.6 is 24.0 Å². The van der Waals surface area contributed by atoms with Crippen LogP contribution in [0.2, 0.25) is 0 Å². The van der Waals surface area contributed by atoms with Crippen LogP contribution in [0.5, 0.6) is 0 Å². The molecule has 0 radical (unpaired) electrons. The number of para-hydroxylation sites is 1. The fraction of sp³-hybridized carbons (Fsp3) is 0.556. The summed E-state index contributed by atoms with van der Waals surface area (Å²) in [4.78, 5) is 22.5. The van der Waals surface area contributed by atoms with E-state index in [2.05, 4.69) is 44.4 Å². The van der Waals surface area contributed by atoms with Crippen LogP contribution in [-0.2, 0) is 9.53 Å². The van der Waals surface area contributed by atoms with E-state index < -0.39 is 0 Å². The number of ether oxygens (including phenoxy) is 1. The third-order valence-electron chi connectivity index (χ3n) is 4.15. The van der Waals surface area contributed by atoms with Crippen molar-refractivity contribution >= 4 is 41.5 Å². The zero-order chi connectivity index (χ0) is 18.1. The highest BCUT2D eigenvalue weighted by molar-refractivity contribution is 14.0. The molecule has 0 aliphatic carbocycles.